The van der Waals surface area contributed by atoms with E-state index in [1.165, 1.54) is 12.1 Å². The van der Waals surface area contributed by atoms with Crippen molar-refractivity contribution in [3.63, 3.8) is 0 Å². The van der Waals surface area contributed by atoms with Gasteiger partial charge in [0.25, 0.3) is 0 Å². The molecule has 0 unspecified atom stereocenters. The van der Waals surface area contributed by atoms with Gasteiger partial charge >= 0.3 is 12.3 Å². The Labute approximate surface area is 201 Å². The molecule has 34 heavy (non-hydrogen) atoms. The third-order valence-electron chi connectivity index (χ3n) is 4.30. The van der Waals surface area contributed by atoms with Crippen LogP contribution in [0.2, 0.25) is 5.02 Å². The largest absolute Gasteiger partial charge is 0.483 e. The molecule has 0 saturated heterocycles. The monoisotopic (exact) mass is 501 g/mol. The Balaban J connectivity index is 2.09. The Hall–Kier alpha value is -3.01. The van der Waals surface area contributed by atoms with Gasteiger partial charge in [-0.25, -0.2) is 4.79 Å². The number of benzene rings is 1. The molecular weight excluding hydrogens is 475 g/mol. The van der Waals surface area contributed by atoms with E-state index in [1.807, 2.05) is 0 Å². The molecule has 0 radical (unpaired) electrons. The lowest BCUT2D eigenvalue weighted by molar-refractivity contribution is -0.153. The maximum Gasteiger partial charge on any atom is 0.422 e. The Morgan fingerprint density at radius 1 is 1.12 bits per heavy atom. The molecule has 0 aliphatic rings. The van der Waals surface area contributed by atoms with Crippen LogP contribution >= 0.6 is 11.6 Å². The number of halogens is 4. The van der Waals surface area contributed by atoms with E-state index < -0.39 is 42.5 Å². The van der Waals surface area contributed by atoms with Gasteiger partial charge in [0.15, 0.2) is 6.61 Å². The second-order valence-corrected chi connectivity index (χ2v) is 9.02. The molecule has 1 aromatic carbocycles. The number of rotatable bonds is 8. The van der Waals surface area contributed by atoms with E-state index >= 15 is 0 Å². The molecule has 2 amide bonds. The van der Waals surface area contributed by atoms with Gasteiger partial charge in [0, 0.05) is 11.4 Å². The first-order chi connectivity index (χ1) is 15.7. The molecule has 0 aliphatic carbocycles. The zero-order valence-corrected chi connectivity index (χ0v) is 20.0. The Bertz CT molecular complexity index is 979. The average molecular weight is 502 g/mol. The molecule has 186 valence electrons. The summed E-state index contributed by atoms with van der Waals surface area (Å²) in [5.41, 5.74) is 0.362. The van der Waals surface area contributed by atoms with E-state index in [0.29, 0.717) is 10.7 Å². The SMILES string of the molecule is C[C@@H](NC(=O)[C@H](Cc1cccc(Cl)c1)NC(=O)OC(C)(C)C)c1ccc(OCC(F)(F)F)cn1. The number of aromatic nitrogens is 1. The lowest BCUT2D eigenvalue weighted by Gasteiger charge is -2.24. The van der Waals surface area contributed by atoms with Gasteiger partial charge in [-0.2, -0.15) is 13.2 Å². The summed E-state index contributed by atoms with van der Waals surface area (Å²) in [6, 6.07) is 8.07. The molecule has 1 aromatic heterocycles. The van der Waals surface area contributed by atoms with Gasteiger partial charge in [0.05, 0.1) is 17.9 Å². The summed E-state index contributed by atoms with van der Waals surface area (Å²) < 4.78 is 46.8. The minimum atomic E-state index is -4.46. The van der Waals surface area contributed by atoms with Gasteiger partial charge in [-0.15, -0.1) is 0 Å². The number of pyridine rings is 1. The average Bonchev–Trinajstić information content (AvgIpc) is 2.70. The van der Waals surface area contributed by atoms with Crippen molar-refractivity contribution in [2.45, 2.75) is 58.0 Å². The van der Waals surface area contributed by atoms with Crippen LogP contribution in [-0.2, 0) is 16.0 Å². The minimum Gasteiger partial charge on any atom is -0.483 e. The number of hydrogen-bond donors (Lipinski definition) is 2. The number of alkyl halides is 3. The maximum atomic E-state index is 13.0. The van der Waals surface area contributed by atoms with Crippen LogP contribution in [0.3, 0.4) is 0 Å². The first-order valence-corrected chi connectivity index (χ1v) is 10.8. The Morgan fingerprint density at radius 2 is 1.82 bits per heavy atom. The van der Waals surface area contributed by atoms with Crippen LogP contribution in [0.1, 0.15) is 45.0 Å². The number of hydrogen-bond acceptors (Lipinski definition) is 5. The molecule has 2 N–H and O–H groups in total. The summed E-state index contributed by atoms with van der Waals surface area (Å²) in [7, 11) is 0. The summed E-state index contributed by atoms with van der Waals surface area (Å²) in [5, 5.41) is 5.81. The lowest BCUT2D eigenvalue weighted by Crippen LogP contribution is -2.49. The summed E-state index contributed by atoms with van der Waals surface area (Å²) in [5.74, 6) is -0.553. The number of alkyl carbamates (subject to hydrolysis) is 1. The predicted octanol–water partition coefficient (Wildman–Crippen LogP) is 4.99. The molecule has 0 fully saturated rings. The molecule has 0 bridgehead atoms. The topological polar surface area (TPSA) is 89.6 Å². The third-order valence-corrected chi connectivity index (χ3v) is 4.54. The first-order valence-electron chi connectivity index (χ1n) is 10.4. The number of carbonyl (C=O) groups excluding carboxylic acids is 2. The fourth-order valence-electron chi connectivity index (χ4n) is 2.85. The van der Waals surface area contributed by atoms with Crippen molar-refractivity contribution >= 4 is 23.6 Å². The van der Waals surface area contributed by atoms with Crippen molar-refractivity contribution in [3.05, 3.63) is 58.9 Å². The normalized spacial score (nSPS) is 13.5. The van der Waals surface area contributed by atoms with Crippen LogP contribution in [0.15, 0.2) is 42.6 Å². The van der Waals surface area contributed by atoms with Crippen LogP contribution in [0.25, 0.3) is 0 Å². The van der Waals surface area contributed by atoms with E-state index in [-0.39, 0.29) is 12.2 Å². The van der Waals surface area contributed by atoms with Crippen molar-refractivity contribution in [2.75, 3.05) is 6.61 Å². The number of amides is 2. The highest BCUT2D eigenvalue weighted by atomic mass is 35.5. The standard InChI is InChI=1S/C23H27ClF3N3O4/c1-14(18-9-8-17(12-28-18)33-13-23(25,26)27)29-20(31)19(30-21(32)34-22(2,3)4)11-15-6-5-7-16(24)10-15/h5-10,12,14,19H,11,13H2,1-4H3,(H,29,31)(H,30,32)/t14-,19+/m1/s1. The molecule has 0 spiro atoms. The highest BCUT2D eigenvalue weighted by molar-refractivity contribution is 6.30. The molecule has 0 aliphatic heterocycles. The van der Waals surface area contributed by atoms with Crippen molar-refractivity contribution in [2.24, 2.45) is 0 Å². The van der Waals surface area contributed by atoms with E-state index in [1.54, 1.807) is 52.0 Å². The number of nitrogens with one attached hydrogen (secondary N) is 2. The van der Waals surface area contributed by atoms with Crippen molar-refractivity contribution in [3.8, 4) is 5.75 Å². The lowest BCUT2D eigenvalue weighted by atomic mass is 10.0. The zero-order valence-electron chi connectivity index (χ0n) is 19.2. The van der Waals surface area contributed by atoms with E-state index in [9.17, 15) is 22.8 Å². The fraction of sp³-hybridized carbons (Fsp3) is 0.435. The van der Waals surface area contributed by atoms with Crippen LogP contribution < -0.4 is 15.4 Å². The van der Waals surface area contributed by atoms with Crippen molar-refractivity contribution < 1.29 is 32.2 Å². The predicted molar refractivity (Wildman–Crippen MR) is 121 cm³/mol. The fourth-order valence-corrected chi connectivity index (χ4v) is 3.06. The molecule has 1 heterocycles. The Kier molecular flexibility index (Phi) is 9.14. The molecular formula is C23H27ClF3N3O4. The van der Waals surface area contributed by atoms with Crippen LogP contribution in [-0.4, -0.2) is 41.4 Å². The quantitative estimate of drug-likeness (QED) is 0.532. The van der Waals surface area contributed by atoms with Crippen molar-refractivity contribution in [1.82, 2.24) is 15.6 Å². The number of carbonyl (C=O) groups is 2. The highest BCUT2D eigenvalue weighted by Gasteiger charge is 2.29. The number of nitrogens with zero attached hydrogens (tertiary/aromatic N) is 1. The molecule has 0 saturated carbocycles. The van der Waals surface area contributed by atoms with Gasteiger partial charge in [-0.3, -0.25) is 9.78 Å². The second-order valence-electron chi connectivity index (χ2n) is 8.59. The van der Waals surface area contributed by atoms with E-state index in [2.05, 4.69) is 20.4 Å². The molecule has 2 aromatic rings. The minimum absolute atomic E-state index is 0.0509. The molecule has 7 nitrogen and oxygen atoms in total. The smallest absolute Gasteiger partial charge is 0.422 e. The van der Waals surface area contributed by atoms with Gasteiger partial charge in [-0.1, -0.05) is 23.7 Å². The van der Waals surface area contributed by atoms with Gasteiger partial charge in [-0.05, 0) is 57.5 Å². The van der Waals surface area contributed by atoms with Crippen LogP contribution in [0, 0.1) is 0 Å². The van der Waals surface area contributed by atoms with Crippen molar-refractivity contribution in [1.29, 1.82) is 0 Å². The summed E-state index contributed by atoms with van der Waals surface area (Å²) in [6.45, 7) is 5.33. The van der Waals surface area contributed by atoms with Gasteiger partial charge in [0.2, 0.25) is 5.91 Å². The first kappa shape index (κ1) is 27.2. The highest BCUT2D eigenvalue weighted by Crippen LogP contribution is 2.20. The van der Waals surface area contributed by atoms with Gasteiger partial charge < -0.3 is 20.1 Å². The van der Waals surface area contributed by atoms with Crippen LogP contribution in [0.4, 0.5) is 18.0 Å². The molecule has 11 heteroatoms. The summed E-state index contributed by atoms with van der Waals surface area (Å²) in [6.07, 6.45) is -3.92. The van der Waals surface area contributed by atoms with E-state index in [0.717, 1.165) is 11.8 Å². The summed E-state index contributed by atoms with van der Waals surface area (Å²) in [4.78, 5) is 29.4. The Morgan fingerprint density at radius 3 is 2.38 bits per heavy atom. The van der Waals surface area contributed by atoms with E-state index in [4.69, 9.17) is 16.3 Å². The zero-order chi connectivity index (χ0) is 25.5. The van der Waals surface area contributed by atoms with Crippen LogP contribution in [0.5, 0.6) is 5.75 Å². The number of ether oxygens (including phenoxy) is 2. The summed E-state index contributed by atoms with van der Waals surface area (Å²) >= 11 is 6.03. The maximum absolute atomic E-state index is 13.0. The molecule has 2 atom stereocenters. The third kappa shape index (κ3) is 9.86. The second kappa shape index (κ2) is 11.4. The molecule has 2 rings (SSSR count). The van der Waals surface area contributed by atoms with Gasteiger partial charge in [0.1, 0.15) is 17.4 Å².